The van der Waals surface area contributed by atoms with Gasteiger partial charge in [0.25, 0.3) is 0 Å². The second-order valence-corrected chi connectivity index (χ2v) is 19.0. The number of aromatic nitrogens is 3. The third-order valence-corrected chi connectivity index (χ3v) is 15.0. The summed E-state index contributed by atoms with van der Waals surface area (Å²) in [5.41, 5.74) is 7.98. The van der Waals surface area contributed by atoms with Gasteiger partial charge in [0.05, 0.1) is 0 Å². The lowest BCUT2D eigenvalue weighted by atomic mass is 9.98. The van der Waals surface area contributed by atoms with Crippen molar-refractivity contribution in [3.05, 3.63) is 152 Å². The van der Waals surface area contributed by atoms with Gasteiger partial charge in [0.15, 0.2) is 17.5 Å². The van der Waals surface area contributed by atoms with Crippen molar-refractivity contribution >= 4 is 60.7 Å². The smallest absolute Gasteiger partial charge is 0.164 e. The molecule has 3 nitrogen and oxygen atoms in total. The summed E-state index contributed by atoms with van der Waals surface area (Å²) in [5.74, 6) is 2.07. The van der Waals surface area contributed by atoms with Crippen molar-refractivity contribution in [1.82, 2.24) is 15.0 Å². The first-order chi connectivity index (χ1) is 24.5. The van der Waals surface area contributed by atoms with Crippen LogP contribution in [-0.4, -0.2) is 23.0 Å². The minimum absolute atomic E-state index is 0.673. The molecule has 7 aromatic carbocycles. The molecular weight excluding hydrogens is 643 g/mol. The van der Waals surface area contributed by atoms with Gasteiger partial charge in [0.2, 0.25) is 0 Å². The van der Waals surface area contributed by atoms with Crippen molar-refractivity contribution in [3.8, 4) is 56.4 Å². The van der Waals surface area contributed by atoms with Crippen LogP contribution >= 0.6 is 11.3 Å². The molecule has 0 unspecified atom stereocenters. The summed E-state index contributed by atoms with van der Waals surface area (Å²) >= 11 is 1.81. The molecular formula is C45H31N3SSi. The van der Waals surface area contributed by atoms with Gasteiger partial charge in [0.1, 0.15) is 8.07 Å². The summed E-state index contributed by atoms with van der Waals surface area (Å²) in [4.78, 5) is 15.8. The van der Waals surface area contributed by atoms with Crippen LogP contribution in [0.25, 0.3) is 87.4 Å². The minimum atomic E-state index is -1.88. The van der Waals surface area contributed by atoms with E-state index in [0.717, 1.165) is 22.3 Å². The lowest BCUT2D eigenvalue weighted by molar-refractivity contribution is 1.08. The van der Waals surface area contributed by atoms with E-state index in [4.69, 9.17) is 15.0 Å². The molecule has 0 spiro atoms. The van der Waals surface area contributed by atoms with Crippen LogP contribution in [0.5, 0.6) is 0 Å². The summed E-state index contributed by atoms with van der Waals surface area (Å²) in [5, 5.41) is 7.81. The van der Waals surface area contributed by atoms with Gasteiger partial charge in [-0.1, -0.05) is 147 Å². The Morgan fingerprint density at radius 1 is 0.440 bits per heavy atom. The van der Waals surface area contributed by atoms with Gasteiger partial charge >= 0.3 is 0 Å². The largest absolute Gasteiger partial charge is 0.208 e. The van der Waals surface area contributed by atoms with Crippen molar-refractivity contribution in [3.63, 3.8) is 0 Å². The molecule has 0 saturated heterocycles. The number of thiophene rings is 1. The molecule has 50 heavy (non-hydrogen) atoms. The highest BCUT2D eigenvalue weighted by Crippen LogP contribution is 2.41. The van der Waals surface area contributed by atoms with Gasteiger partial charge in [-0.05, 0) is 61.6 Å². The molecule has 5 heteroatoms. The maximum absolute atomic E-state index is 5.33. The monoisotopic (exact) mass is 673 g/mol. The quantitative estimate of drug-likeness (QED) is 0.175. The average molecular weight is 674 g/mol. The van der Waals surface area contributed by atoms with Gasteiger partial charge in [-0.25, -0.2) is 15.0 Å². The van der Waals surface area contributed by atoms with E-state index >= 15 is 0 Å². The van der Waals surface area contributed by atoms with Gasteiger partial charge in [-0.2, -0.15) is 0 Å². The molecule has 0 N–H and O–H groups in total. The van der Waals surface area contributed by atoms with E-state index in [1.807, 2.05) is 11.3 Å². The normalized spacial score (nSPS) is 13.2. The number of fused-ring (bicyclic) bond motifs is 7. The number of benzene rings is 7. The first-order valence-corrected chi connectivity index (χ1v) is 20.8. The van der Waals surface area contributed by atoms with Crippen molar-refractivity contribution in [2.24, 2.45) is 0 Å². The van der Waals surface area contributed by atoms with Crippen LogP contribution in [0, 0.1) is 0 Å². The Labute approximate surface area is 295 Å². The first kappa shape index (κ1) is 29.2. The molecule has 9 aromatic rings. The van der Waals surface area contributed by atoms with Gasteiger partial charge in [-0.3, -0.25) is 0 Å². The molecule has 1 aliphatic rings. The van der Waals surface area contributed by atoms with E-state index in [-0.39, 0.29) is 0 Å². The Kier molecular flexibility index (Phi) is 6.50. The summed E-state index contributed by atoms with van der Waals surface area (Å²) in [7, 11) is -1.88. The van der Waals surface area contributed by atoms with Gasteiger partial charge < -0.3 is 0 Å². The molecule has 0 fully saturated rings. The Morgan fingerprint density at radius 2 is 1.04 bits per heavy atom. The standard InChI is InChI=1S/C45H31N3SSi/c1-50(2)39-19-8-6-14-34(39)42-36(16-10-20-40(42)50)45-47-43(30-24-21-29(22-25-30)32-26-23-28-11-3-4-12-31(28)27-32)46-44(48-45)35-15-9-18-38-41(35)33-13-5-7-17-37(33)49-38/h3-27H,1-2H3. The van der Waals surface area contributed by atoms with E-state index in [2.05, 4.69) is 165 Å². The average Bonchev–Trinajstić information content (AvgIpc) is 3.67. The summed E-state index contributed by atoms with van der Waals surface area (Å²) in [6.07, 6.45) is 0. The second kappa shape index (κ2) is 11.1. The van der Waals surface area contributed by atoms with Crippen LogP contribution in [0.1, 0.15) is 0 Å². The molecule has 3 heterocycles. The molecule has 1 aliphatic heterocycles. The fourth-order valence-electron chi connectivity index (χ4n) is 7.83. The zero-order valence-electron chi connectivity index (χ0n) is 27.7. The second-order valence-electron chi connectivity index (χ2n) is 13.6. The van der Waals surface area contributed by atoms with Crippen LogP contribution in [0.3, 0.4) is 0 Å². The summed E-state index contributed by atoms with van der Waals surface area (Å²) in [6, 6.07) is 54.5. The van der Waals surface area contributed by atoms with E-state index < -0.39 is 8.07 Å². The molecule has 0 aliphatic carbocycles. The number of hydrogen-bond acceptors (Lipinski definition) is 4. The summed E-state index contributed by atoms with van der Waals surface area (Å²) < 4.78 is 2.49. The predicted octanol–water partition coefficient (Wildman–Crippen LogP) is 10.9. The molecule has 0 bridgehead atoms. The molecule has 0 radical (unpaired) electrons. The van der Waals surface area contributed by atoms with Crippen LogP contribution in [-0.2, 0) is 0 Å². The first-order valence-electron chi connectivity index (χ1n) is 17.0. The topological polar surface area (TPSA) is 38.7 Å². The lowest BCUT2D eigenvalue weighted by Crippen LogP contribution is -2.49. The van der Waals surface area contributed by atoms with Crippen molar-refractivity contribution in [2.45, 2.75) is 13.1 Å². The van der Waals surface area contributed by atoms with E-state index in [1.54, 1.807) is 0 Å². The van der Waals surface area contributed by atoms with E-state index in [0.29, 0.717) is 17.5 Å². The van der Waals surface area contributed by atoms with E-state index in [9.17, 15) is 0 Å². The molecule has 2 aromatic heterocycles. The SMILES string of the molecule is C[Si]1(C)c2ccccc2-c2c(-c3nc(-c4ccc(-c5ccc6ccccc6c5)cc4)nc(-c4cccc5sc6ccccc6c45)n3)cccc21. The summed E-state index contributed by atoms with van der Waals surface area (Å²) in [6.45, 7) is 4.90. The van der Waals surface area contributed by atoms with Gasteiger partial charge in [0, 0.05) is 36.9 Å². The fraction of sp³-hybridized carbons (Fsp3) is 0.0444. The zero-order chi connectivity index (χ0) is 33.4. The fourth-order valence-corrected chi connectivity index (χ4v) is 12.1. The molecule has 0 amide bonds. The van der Waals surface area contributed by atoms with Crippen LogP contribution in [0.4, 0.5) is 0 Å². The lowest BCUT2D eigenvalue weighted by Gasteiger charge is -2.19. The third kappa shape index (κ3) is 4.51. The van der Waals surface area contributed by atoms with Crippen molar-refractivity contribution in [2.75, 3.05) is 0 Å². The number of nitrogens with zero attached hydrogens (tertiary/aromatic N) is 3. The van der Waals surface area contributed by atoms with E-state index in [1.165, 1.54) is 58.0 Å². The number of rotatable bonds is 4. The Morgan fingerprint density at radius 3 is 1.92 bits per heavy atom. The Balaban J connectivity index is 1.18. The van der Waals surface area contributed by atoms with Crippen molar-refractivity contribution in [1.29, 1.82) is 0 Å². The maximum Gasteiger partial charge on any atom is 0.164 e. The van der Waals surface area contributed by atoms with Crippen LogP contribution in [0.2, 0.25) is 13.1 Å². The minimum Gasteiger partial charge on any atom is -0.208 e. The maximum atomic E-state index is 5.33. The number of hydrogen-bond donors (Lipinski definition) is 0. The van der Waals surface area contributed by atoms with Crippen molar-refractivity contribution < 1.29 is 0 Å². The highest BCUT2D eigenvalue weighted by atomic mass is 32.1. The zero-order valence-corrected chi connectivity index (χ0v) is 29.5. The molecule has 10 rings (SSSR count). The molecule has 236 valence electrons. The highest BCUT2D eigenvalue weighted by molar-refractivity contribution is 7.25. The predicted molar refractivity (Wildman–Crippen MR) is 214 cm³/mol. The van der Waals surface area contributed by atoms with Crippen LogP contribution < -0.4 is 10.4 Å². The highest BCUT2D eigenvalue weighted by Gasteiger charge is 2.38. The third-order valence-electron chi connectivity index (χ3n) is 10.4. The molecule has 0 atom stereocenters. The van der Waals surface area contributed by atoms with Crippen LogP contribution in [0.15, 0.2) is 152 Å². The molecule has 0 saturated carbocycles. The Bertz CT molecular complexity index is 2800. The van der Waals surface area contributed by atoms with Gasteiger partial charge in [-0.15, -0.1) is 11.3 Å². The Hall–Kier alpha value is -5.75.